The summed E-state index contributed by atoms with van der Waals surface area (Å²) in [5.74, 6) is 0.0121. The Bertz CT molecular complexity index is 766. The van der Waals surface area contributed by atoms with Crippen LogP contribution in [0.1, 0.15) is 23.7 Å². The SMILES string of the molecule is CCCOc1ccc(C(=O)NNC(=O)COc2ccc(Cl)cc2Cl)cc1. The molecule has 0 heterocycles. The van der Waals surface area contributed by atoms with Gasteiger partial charge in [0.2, 0.25) is 0 Å². The lowest BCUT2D eigenvalue weighted by Gasteiger charge is -2.10. The number of halogens is 2. The molecule has 0 saturated carbocycles. The number of ether oxygens (including phenoxy) is 2. The summed E-state index contributed by atoms with van der Waals surface area (Å²) < 4.78 is 10.7. The van der Waals surface area contributed by atoms with Crippen molar-refractivity contribution in [1.82, 2.24) is 10.9 Å². The van der Waals surface area contributed by atoms with Gasteiger partial charge in [-0.05, 0) is 48.9 Å². The van der Waals surface area contributed by atoms with E-state index in [1.807, 2.05) is 6.92 Å². The third-order valence-corrected chi connectivity index (χ3v) is 3.69. The van der Waals surface area contributed by atoms with E-state index in [4.69, 9.17) is 32.7 Å². The zero-order chi connectivity index (χ0) is 18.9. The summed E-state index contributed by atoms with van der Waals surface area (Å²) in [6, 6.07) is 11.3. The highest BCUT2D eigenvalue weighted by molar-refractivity contribution is 6.35. The van der Waals surface area contributed by atoms with Gasteiger partial charge in [-0.15, -0.1) is 0 Å². The molecule has 0 aliphatic heterocycles. The number of benzene rings is 2. The Morgan fingerprint density at radius 1 is 1.00 bits per heavy atom. The molecule has 0 fully saturated rings. The van der Waals surface area contributed by atoms with Gasteiger partial charge in [0.25, 0.3) is 11.8 Å². The van der Waals surface area contributed by atoms with Gasteiger partial charge in [-0.25, -0.2) is 0 Å². The summed E-state index contributed by atoms with van der Waals surface area (Å²) in [6.07, 6.45) is 0.900. The average molecular weight is 397 g/mol. The number of nitrogens with one attached hydrogen (secondary N) is 2. The van der Waals surface area contributed by atoms with Crippen molar-refractivity contribution < 1.29 is 19.1 Å². The van der Waals surface area contributed by atoms with Gasteiger partial charge < -0.3 is 9.47 Å². The van der Waals surface area contributed by atoms with E-state index in [-0.39, 0.29) is 6.61 Å². The van der Waals surface area contributed by atoms with E-state index in [0.717, 1.165) is 6.42 Å². The minimum Gasteiger partial charge on any atom is -0.494 e. The molecule has 8 heteroatoms. The molecule has 0 aliphatic carbocycles. The predicted molar refractivity (Wildman–Crippen MR) is 99.8 cm³/mol. The summed E-state index contributed by atoms with van der Waals surface area (Å²) in [5, 5.41) is 0.755. The molecule has 2 N–H and O–H groups in total. The van der Waals surface area contributed by atoms with Crippen molar-refractivity contribution in [3.8, 4) is 11.5 Å². The Kier molecular flexibility index (Phi) is 7.56. The Morgan fingerprint density at radius 3 is 2.38 bits per heavy atom. The van der Waals surface area contributed by atoms with Crippen LogP contribution in [0.25, 0.3) is 0 Å². The molecule has 0 aromatic heterocycles. The highest BCUT2D eigenvalue weighted by Crippen LogP contribution is 2.27. The molecule has 26 heavy (non-hydrogen) atoms. The third-order valence-electron chi connectivity index (χ3n) is 3.16. The normalized spacial score (nSPS) is 10.1. The Labute approximate surface area is 161 Å². The highest BCUT2D eigenvalue weighted by Gasteiger charge is 2.09. The fraction of sp³-hybridized carbons (Fsp3) is 0.222. The van der Waals surface area contributed by atoms with Gasteiger partial charge in [0, 0.05) is 10.6 Å². The number of carbonyl (C=O) groups excluding carboxylic acids is 2. The van der Waals surface area contributed by atoms with Gasteiger partial charge in [0.05, 0.1) is 11.6 Å². The van der Waals surface area contributed by atoms with Crippen LogP contribution in [0, 0.1) is 0 Å². The Morgan fingerprint density at radius 2 is 1.73 bits per heavy atom. The second-order valence-corrected chi connectivity index (χ2v) is 6.08. The summed E-state index contributed by atoms with van der Waals surface area (Å²) in [7, 11) is 0. The minimum absolute atomic E-state index is 0.291. The van der Waals surface area contributed by atoms with Crippen LogP contribution in [-0.2, 0) is 4.79 Å². The van der Waals surface area contributed by atoms with Gasteiger partial charge in [-0.3, -0.25) is 20.4 Å². The van der Waals surface area contributed by atoms with Crippen LogP contribution in [0.5, 0.6) is 11.5 Å². The van der Waals surface area contributed by atoms with Crippen molar-refractivity contribution in [3.05, 3.63) is 58.1 Å². The maximum Gasteiger partial charge on any atom is 0.276 e. The monoisotopic (exact) mass is 396 g/mol. The summed E-state index contributed by atoms with van der Waals surface area (Å²) in [6.45, 7) is 2.31. The van der Waals surface area contributed by atoms with Gasteiger partial charge in [0.15, 0.2) is 6.61 Å². The molecule has 0 aliphatic rings. The first kappa shape index (κ1) is 19.9. The molecule has 2 aromatic carbocycles. The van der Waals surface area contributed by atoms with Crippen LogP contribution in [0.3, 0.4) is 0 Å². The number of hydrazine groups is 1. The molecule has 0 unspecified atom stereocenters. The molecular formula is C18H18Cl2N2O4. The molecule has 2 rings (SSSR count). The molecule has 0 spiro atoms. The summed E-state index contributed by atoms with van der Waals surface area (Å²) >= 11 is 11.7. The maximum absolute atomic E-state index is 12.0. The molecule has 0 atom stereocenters. The first-order valence-corrected chi connectivity index (χ1v) is 8.65. The van der Waals surface area contributed by atoms with Crippen molar-refractivity contribution in [1.29, 1.82) is 0 Å². The van der Waals surface area contributed by atoms with Crippen LogP contribution in [0.2, 0.25) is 10.0 Å². The van der Waals surface area contributed by atoms with Crippen molar-refractivity contribution in [2.24, 2.45) is 0 Å². The van der Waals surface area contributed by atoms with Crippen LogP contribution < -0.4 is 20.3 Å². The zero-order valence-corrected chi connectivity index (χ0v) is 15.6. The standard InChI is InChI=1S/C18H18Cl2N2O4/c1-2-9-25-14-6-3-12(4-7-14)18(24)22-21-17(23)11-26-16-8-5-13(19)10-15(16)20/h3-8,10H,2,9,11H2,1H3,(H,21,23)(H,22,24). The quantitative estimate of drug-likeness (QED) is 0.700. The summed E-state index contributed by atoms with van der Waals surface area (Å²) in [5.41, 5.74) is 4.96. The van der Waals surface area contributed by atoms with Crippen molar-refractivity contribution in [2.45, 2.75) is 13.3 Å². The Balaban J connectivity index is 1.78. The minimum atomic E-state index is -0.535. The van der Waals surface area contributed by atoms with E-state index < -0.39 is 11.8 Å². The van der Waals surface area contributed by atoms with Crippen molar-refractivity contribution >= 4 is 35.0 Å². The van der Waals surface area contributed by atoms with Crippen LogP contribution in [-0.4, -0.2) is 25.0 Å². The van der Waals surface area contributed by atoms with Gasteiger partial charge in [0.1, 0.15) is 11.5 Å². The highest BCUT2D eigenvalue weighted by atomic mass is 35.5. The number of amides is 2. The second-order valence-electron chi connectivity index (χ2n) is 5.24. The molecule has 2 amide bonds. The second kappa shape index (κ2) is 9.89. The molecule has 138 valence electrons. The van der Waals surface area contributed by atoms with E-state index in [9.17, 15) is 9.59 Å². The fourth-order valence-corrected chi connectivity index (χ4v) is 2.36. The fourth-order valence-electron chi connectivity index (χ4n) is 1.89. The molecule has 2 aromatic rings. The van der Waals surface area contributed by atoms with Gasteiger partial charge >= 0.3 is 0 Å². The Hall–Kier alpha value is -2.44. The molecule has 0 radical (unpaired) electrons. The van der Waals surface area contributed by atoms with E-state index in [1.165, 1.54) is 6.07 Å². The molecule has 6 nitrogen and oxygen atoms in total. The third kappa shape index (κ3) is 6.13. The van der Waals surface area contributed by atoms with Crippen molar-refractivity contribution in [2.75, 3.05) is 13.2 Å². The smallest absolute Gasteiger partial charge is 0.276 e. The molecule has 0 bridgehead atoms. The summed E-state index contributed by atoms with van der Waals surface area (Å²) in [4.78, 5) is 23.8. The first-order valence-electron chi connectivity index (χ1n) is 7.89. The van der Waals surface area contributed by atoms with E-state index in [1.54, 1.807) is 36.4 Å². The predicted octanol–water partition coefficient (Wildman–Crippen LogP) is 3.62. The topological polar surface area (TPSA) is 76.7 Å². The van der Waals surface area contributed by atoms with Crippen molar-refractivity contribution in [3.63, 3.8) is 0 Å². The maximum atomic E-state index is 12.0. The lowest BCUT2D eigenvalue weighted by molar-refractivity contribution is -0.123. The lowest BCUT2D eigenvalue weighted by atomic mass is 10.2. The number of rotatable bonds is 7. The number of hydrogen-bond acceptors (Lipinski definition) is 4. The molecule has 0 saturated heterocycles. The zero-order valence-electron chi connectivity index (χ0n) is 14.1. The molecular weight excluding hydrogens is 379 g/mol. The van der Waals surface area contributed by atoms with E-state index >= 15 is 0 Å². The average Bonchev–Trinajstić information content (AvgIpc) is 2.64. The number of hydrogen-bond donors (Lipinski definition) is 2. The lowest BCUT2D eigenvalue weighted by Crippen LogP contribution is -2.43. The first-order chi connectivity index (χ1) is 12.5. The number of carbonyl (C=O) groups is 2. The van der Waals surface area contributed by atoms with E-state index in [0.29, 0.717) is 33.7 Å². The van der Waals surface area contributed by atoms with Crippen LogP contribution >= 0.6 is 23.2 Å². The van der Waals surface area contributed by atoms with Crippen LogP contribution in [0.4, 0.5) is 0 Å². The van der Waals surface area contributed by atoms with Gasteiger partial charge in [-0.2, -0.15) is 0 Å². The van der Waals surface area contributed by atoms with Crippen LogP contribution in [0.15, 0.2) is 42.5 Å². The van der Waals surface area contributed by atoms with E-state index in [2.05, 4.69) is 10.9 Å². The largest absolute Gasteiger partial charge is 0.494 e. The van der Waals surface area contributed by atoms with Gasteiger partial charge in [-0.1, -0.05) is 30.1 Å².